The van der Waals surface area contributed by atoms with Crippen LogP contribution in [0.1, 0.15) is 20.3 Å². The van der Waals surface area contributed by atoms with Crippen LogP contribution < -0.4 is 5.73 Å². The Morgan fingerprint density at radius 1 is 1.33 bits per heavy atom. The minimum Gasteiger partial charge on any atom is -0.385 e. The van der Waals surface area contributed by atoms with E-state index in [2.05, 4.69) is 0 Å². The summed E-state index contributed by atoms with van der Waals surface area (Å²) in [6.07, 6.45) is -0.0349. The molecule has 0 bridgehead atoms. The van der Waals surface area contributed by atoms with Crippen molar-refractivity contribution in [3.8, 4) is 0 Å². The molecule has 0 aliphatic heterocycles. The molecule has 0 saturated carbocycles. The van der Waals surface area contributed by atoms with Gasteiger partial charge in [-0.25, -0.2) is 4.39 Å². The second-order valence-corrected chi connectivity index (χ2v) is 3.42. The van der Waals surface area contributed by atoms with Gasteiger partial charge in [0, 0.05) is 13.7 Å². The fourth-order valence-electron chi connectivity index (χ4n) is 1.15. The Kier molecular flexibility index (Phi) is 6.30. The molecule has 0 fully saturated rings. The zero-order chi connectivity index (χ0) is 9.56. The maximum atomic E-state index is 13.4. The van der Waals surface area contributed by atoms with Crippen LogP contribution >= 0.6 is 0 Å². The van der Waals surface area contributed by atoms with Crippen LogP contribution in [0.15, 0.2) is 0 Å². The van der Waals surface area contributed by atoms with Crippen LogP contribution in [0.4, 0.5) is 4.39 Å². The molecule has 0 heterocycles. The van der Waals surface area contributed by atoms with Crippen molar-refractivity contribution in [1.29, 1.82) is 0 Å². The van der Waals surface area contributed by atoms with E-state index in [0.29, 0.717) is 13.2 Å². The lowest BCUT2D eigenvalue weighted by Crippen LogP contribution is -2.27. The largest absolute Gasteiger partial charge is 0.385 e. The molecule has 3 atom stereocenters. The predicted octanol–water partition coefficient (Wildman–Crippen LogP) is 1.59. The highest BCUT2D eigenvalue weighted by atomic mass is 19.1. The Balaban J connectivity index is 3.67. The molecule has 2 N–H and O–H groups in total. The molecule has 0 radical (unpaired) electrons. The van der Waals surface area contributed by atoms with Gasteiger partial charge in [0.15, 0.2) is 0 Å². The summed E-state index contributed by atoms with van der Waals surface area (Å²) in [4.78, 5) is 0. The van der Waals surface area contributed by atoms with Gasteiger partial charge in [-0.2, -0.15) is 0 Å². The zero-order valence-corrected chi connectivity index (χ0v) is 8.22. The average molecular weight is 177 g/mol. The van der Waals surface area contributed by atoms with Gasteiger partial charge in [-0.15, -0.1) is 0 Å². The third-order valence-corrected chi connectivity index (χ3v) is 2.24. The van der Waals surface area contributed by atoms with E-state index in [0.717, 1.165) is 6.42 Å². The molecule has 0 aromatic rings. The van der Waals surface area contributed by atoms with E-state index >= 15 is 0 Å². The lowest BCUT2D eigenvalue weighted by atomic mass is 9.93. The first-order chi connectivity index (χ1) is 5.63. The summed E-state index contributed by atoms with van der Waals surface area (Å²) in [5, 5.41) is 0. The number of alkyl halides is 1. The SMILES string of the molecule is COCCC(C)C(F)C(C)CN. The van der Waals surface area contributed by atoms with E-state index in [1.54, 1.807) is 7.11 Å². The molecule has 12 heavy (non-hydrogen) atoms. The van der Waals surface area contributed by atoms with Crippen molar-refractivity contribution < 1.29 is 9.13 Å². The summed E-state index contributed by atoms with van der Waals surface area (Å²) in [5.74, 6) is 0.000330. The Hall–Kier alpha value is -0.150. The Morgan fingerprint density at radius 2 is 1.92 bits per heavy atom. The number of ether oxygens (including phenoxy) is 1. The number of nitrogens with two attached hydrogens (primary N) is 1. The second kappa shape index (κ2) is 6.38. The van der Waals surface area contributed by atoms with Gasteiger partial charge in [-0.1, -0.05) is 13.8 Å². The van der Waals surface area contributed by atoms with Gasteiger partial charge in [0.25, 0.3) is 0 Å². The highest BCUT2D eigenvalue weighted by Gasteiger charge is 2.21. The fraction of sp³-hybridized carbons (Fsp3) is 1.00. The van der Waals surface area contributed by atoms with Crippen molar-refractivity contribution in [3.05, 3.63) is 0 Å². The van der Waals surface area contributed by atoms with Crippen LogP contribution in [0.5, 0.6) is 0 Å². The molecular formula is C9H20FNO. The van der Waals surface area contributed by atoms with E-state index in [1.165, 1.54) is 0 Å². The molecule has 74 valence electrons. The third-order valence-electron chi connectivity index (χ3n) is 2.24. The van der Waals surface area contributed by atoms with Crippen LogP contribution in [0, 0.1) is 11.8 Å². The molecule has 0 aromatic heterocycles. The van der Waals surface area contributed by atoms with E-state index < -0.39 is 6.17 Å². The molecule has 0 rings (SSSR count). The van der Waals surface area contributed by atoms with Gasteiger partial charge in [0.1, 0.15) is 6.17 Å². The van der Waals surface area contributed by atoms with E-state index in [9.17, 15) is 4.39 Å². The summed E-state index contributed by atoms with van der Waals surface area (Å²) >= 11 is 0. The van der Waals surface area contributed by atoms with Gasteiger partial charge >= 0.3 is 0 Å². The first-order valence-corrected chi connectivity index (χ1v) is 4.46. The highest BCUT2D eigenvalue weighted by Crippen LogP contribution is 2.18. The molecule has 0 amide bonds. The minimum absolute atomic E-state index is 0.0446. The second-order valence-electron chi connectivity index (χ2n) is 3.42. The van der Waals surface area contributed by atoms with Crippen LogP contribution in [-0.2, 0) is 4.74 Å². The van der Waals surface area contributed by atoms with Gasteiger partial charge in [0.05, 0.1) is 0 Å². The van der Waals surface area contributed by atoms with E-state index in [1.807, 2.05) is 13.8 Å². The molecule has 3 heteroatoms. The van der Waals surface area contributed by atoms with Crippen molar-refractivity contribution >= 4 is 0 Å². The Bertz CT molecular complexity index is 111. The molecule has 0 aliphatic carbocycles. The molecule has 0 spiro atoms. The first kappa shape index (κ1) is 11.8. The summed E-state index contributed by atoms with van der Waals surface area (Å²) < 4.78 is 18.3. The van der Waals surface area contributed by atoms with Crippen LogP contribution in [0.2, 0.25) is 0 Å². The standard InChI is InChI=1S/C9H20FNO/c1-7(4-5-12-3)9(10)8(2)6-11/h7-9H,4-6,11H2,1-3H3. The minimum atomic E-state index is -0.801. The summed E-state index contributed by atoms with van der Waals surface area (Å²) in [5.41, 5.74) is 5.37. The fourth-order valence-corrected chi connectivity index (χ4v) is 1.15. The smallest absolute Gasteiger partial charge is 0.106 e. The predicted molar refractivity (Wildman–Crippen MR) is 48.8 cm³/mol. The number of hydrogen-bond donors (Lipinski definition) is 1. The molecule has 3 unspecified atom stereocenters. The number of methoxy groups -OCH3 is 1. The lowest BCUT2D eigenvalue weighted by molar-refractivity contribution is 0.123. The Labute approximate surface area is 74.3 Å². The summed E-state index contributed by atoms with van der Waals surface area (Å²) in [6.45, 7) is 4.78. The van der Waals surface area contributed by atoms with E-state index in [4.69, 9.17) is 10.5 Å². The average Bonchev–Trinajstić information content (AvgIpc) is 2.11. The van der Waals surface area contributed by atoms with Gasteiger partial charge in [-0.3, -0.25) is 0 Å². The van der Waals surface area contributed by atoms with Gasteiger partial charge in [0.2, 0.25) is 0 Å². The van der Waals surface area contributed by atoms with Gasteiger partial charge < -0.3 is 10.5 Å². The lowest BCUT2D eigenvalue weighted by Gasteiger charge is -2.21. The monoisotopic (exact) mass is 177 g/mol. The third kappa shape index (κ3) is 4.02. The van der Waals surface area contributed by atoms with E-state index in [-0.39, 0.29) is 11.8 Å². The van der Waals surface area contributed by atoms with Crippen molar-refractivity contribution in [1.82, 2.24) is 0 Å². The zero-order valence-electron chi connectivity index (χ0n) is 8.22. The van der Waals surface area contributed by atoms with Crippen LogP contribution in [0.25, 0.3) is 0 Å². The van der Waals surface area contributed by atoms with Crippen LogP contribution in [-0.4, -0.2) is 26.4 Å². The Morgan fingerprint density at radius 3 is 2.33 bits per heavy atom. The summed E-state index contributed by atoms with van der Waals surface area (Å²) in [6, 6.07) is 0. The first-order valence-electron chi connectivity index (χ1n) is 4.46. The maximum Gasteiger partial charge on any atom is 0.106 e. The summed E-state index contributed by atoms with van der Waals surface area (Å²) in [7, 11) is 1.63. The molecule has 0 aliphatic rings. The van der Waals surface area contributed by atoms with Gasteiger partial charge in [-0.05, 0) is 24.8 Å². The molecule has 2 nitrogen and oxygen atoms in total. The van der Waals surface area contributed by atoms with Crippen molar-refractivity contribution in [2.75, 3.05) is 20.3 Å². The molecule has 0 aromatic carbocycles. The topological polar surface area (TPSA) is 35.2 Å². The molecular weight excluding hydrogens is 157 g/mol. The molecule has 0 saturated heterocycles. The number of hydrogen-bond acceptors (Lipinski definition) is 2. The highest BCUT2D eigenvalue weighted by molar-refractivity contribution is 4.71. The van der Waals surface area contributed by atoms with Crippen LogP contribution in [0.3, 0.4) is 0 Å². The quantitative estimate of drug-likeness (QED) is 0.668. The normalized spacial score (nSPS) is 18.8. The van der Waals surface area contributed by atoms with Crippen molar-refractivity contribution in [2.45, 2.75) is 26.4 Å². The van der Waals surface area contributed by atoms with Crippen molar-refractivity contribution in [3.63, 3.8) is 0 Å². The number of rotatable bonds is 6. The number of halogens is 1. The van der Waals surface area contributed by atoms with Crippen molar-refractivity contribution in [2.24, 2.45) is 17.6 Å². The maximum absolute atomic E-state index is 13.4.